The van der Waals surface area contributed by atoms with E-state index in [-0.39, 0.29) is 6.04 Å². The zero-order chi connectivity index (χ0) is 19.8. The Balaban J connectivity index is 1.92. The Hall–Kier alpha value is -2.96. The Morgan fingerprint density at radius 2 is 1.54 bits per heavy atom. The summed E-state index contributed by atoms with van der Waals surface area (Å²) in [5.41, 5.74) is 1.85. The number of amides is 3. The Kier molecular flexibility index (Phi) is 6.94. The van der Waals surface area contributed by atoms with Crippen molar-refractivity contribution in [2.24, 2.45) is 0 Å². The second-order valence-corrected chi connectivity index (χ2v) is 7.20. The number of benzene rings is 2. The quantitative estimate of drug-likeness (QED) is 0.568. The molecule has 2 aromatic carbocycles. The highest BCUT2D eigenvalue weighted by Gasteiger charge is 2.27. The minimum atomic E-state index is -0.684. The van der Waals surface area contributed by atoms with Crippen LogP contribution in [-0.2, 0) is 4.79 Å². The molecule has 28 heavy (non-hydrogen) atoms. The molecule has 0 aliphatic carbocycles. The summed E-state index contributed by atoms with van der Waals surface area (Å²) in [7, 11) is 0. The Morgan fingerprint density at radius 3 is 2.11 bits per heavy atom. The number of rotatable bonds is 7. The van der Waals surface area contributed by atoms with Crippen molar-refractivity contribution in [2.75, 3.05) is 6.54 Å². The van der Waals surface area contributed by atoms with Gasteiger partial charge in [0.25, 0.3) is 0 Å². The molecule has 0 saturated carbocycles. The lowest BCUT2D eigenvalue weighted by Crippen LogP contribution is -2.45. The van der Waals surface area contributed by atoms with Crippen LogP contribution in [0.4, 0.5) is 4.79 Å². The summed E-state index contributed by atoms with van der Waals surface area (Å²) in [6.07, 6.45) is 0. The first-order chi connectivity index (χ1) is 13.7. The van der Waals surface area contributed by atoms with E-state index in [4.69, 9.17) is 0 Å². The molecule has 3 amide bonds. The molecule has 1 heterocycles. The first-order valence-electron chi connectivity index (χ1n) is 9.17. The molecule has 0 fully saturated rings. The van der Waals surface area contributed by atoms with Crippen molar-refractivity contribution in [3.05, 3.63) is 94.2 Å². The van der Waals surface area contributed by atoms with E-state index < -0.39 is 18.0 Å². The summed E-state index contributed by atoms with van der Waals surface area (Å²) < 4.78 is 0. The van der Waals surface area contributed by atoms with Gasteiger partial charge in [-0.25, -0.2) is 4.79 Å². The van der Waals surface area contributed by atoms with E-state index in [0.29, 0.717) is 6.54 Å². The van der Waals surface area contributed by atoms with Gasteiger partial charge in [0.15, 0.2) is 0 Å². The van der Waals surface area contributed by atoms with Gasteiger partial charge < -0.3 is 5.32 Å². The van der Waals surface area contributed by atoms with E-state index >= 15 is 0 Å². The smallest absolute Gasteiger partial charge is 0.321 e. The third-order valence-corrected chi connectivity index (χ3v) is 5.20. The predicted molar refractivity (Wildman–Crippen MR) is 112 cm³/mol. The van der Waals surface area contributed by atoms with Crippen molar-refractivity contribution in [1.82, 2.24) is 16.0 Å². The van der Waals surface area contributed by atoms with Crippen LogP contribution < -0.4 is 16.0 Å². The summed E-state index contributed by atoms with van der Waals surface area (Å²) in [5, 5.41) is 10.5. The van der Waals surface area contributed by atoms with Crippen molar-refractivity contribution in [3.8, 4) is 0 Å². The molecule has 6 heteroatoms. The van der Waals surface area contributed by atoms with Crippen molar-refractivity contribution >= 4 is 23.3 Å². The lowest BCUT2D eigenvalue weighted by Gasteiger charge is -2.25. The number of hydrogen-bond acceptors (Lipinski definition) is 4. The van der Waals surface area contributed by atoms with E-state index in [9.17, 15) is 9.59 Å². The van der Waals surface area contributed by atoms with Crippen LogP contribution in [0.5, 0.6) is 0 Å². The number of thiophene rings is 1. The van der Waals surface area contributed by atoms with Crippen LogP contribution in [0.2, 0.25) is 0 Å². The first-order valence-corrected chi connectivity index (χ1v) is 10.0. The molecule has 5 nitrogen and oxygen atoms in total. The first kappa shape index (κ1) is 19.8. The Morgan fingerprint density at radius 1 is 0.893 bits per heavy atom. The molecule has 0 aliphatic heterocycles. The predicted octanol–water partition coefficient (Wildman–Crippen LogP) is 4.01. The number of nitrogens with one attached hydrogen (secondary N) is 3. The highest BCUT2D eigenvalue weighted by Crippen LogP contribution is 2.29. The molecular weight excluding hydrogens is 370 g/mol. The van der Waals surface area contributed by atoms with Gasteiger partial charge in [0.2, 0.25) is 5.91 Å². The minimum absolute atomic E-state index is 0.175. The molecule has 0 spiro atoms. The van der Waals surface area contributed by atoms with Crippen molar-refractivity contribution in [2.45, 2.75) is 19.0 Å². The average molecular weight is 394 g/mol. The zero-order valence-corrected chi connectivity index (χ0v) is 16.4. The topological polar surface area (TPSA) is 70.2 Å². The van der Waals surface area contributed by atoms with Gasteiger partial charge in [0.05, 0.1) is 6.04 Å². The normalized spacial score (nSPS) is 12.8. The van der Waals surface area contributed by atoms with Crippen LogP contribution in [0.3, 0.4) is 0 Å². The molecule has 0 radical (unpaired) electrons. The van der Waals surface area contributed by atoms with Gasteiger partial charge in [0, 0.05) is 11.4 Å². The standard InChI is InChI=1S/C22H23N3O2S/c1-2-23-22(27)25-21(26)20(17-12-7-4-8-13-17)24-19(18-14-9-15-28-18)16-10-5-3-6-11-16/h3-15,19-20,24H,2H2,1H3,(H2,23,25,26,27)/t19-,20+/m0/s1. The molecule has 3 N–H and O–H groups in total. The summed E-state index contributed by atoms with van der Waals surface area (Å²) in [6.45, 7) is 2.25. The van der Waals surface area contributed by atoms with Gasteiger partial charge in [-0.05, 0) is 29.5 Å². The number of imide groups is 1. The molecule has 0 unspecified atom stereocenters. The SMILES string of the molecule is CCNC(=O)NC(=O)[C@H](N[C@@H](c1ccccc1)c1cccs1)c1ccccc1. The van der Waals surface area contributed by atoms with Crippen molar-refractivity contribution in [1.29, 1.82) is 0 Å². The fourth-order valence-electron chi connectivity index (χ4n) is 2.97. The van der Waals surface area contributed by atoms with Crippen molar-refractivity contribution < 1.29 is 9.59 Å². The third kappa shape index (κ3) is 5.06. The highest BCUT2D eigenvalue weighted by molar-refractivity contribution is 7.10. The molecular formula is C22H23N3O2S. The lowest BCUT2D eigenvalue weighted by atomic mass is 10.0. The minimum Gasteiger partial charge on any atom is -0.338 e. The largest absolute Gasteiger partial charge is 0.338 e. The monoisotopic (exact) mass is 393 g/mol. The number of carbonyl (C=O) groups is 2. The van der Waals surface area contributed by atoms with Gasteiger partial charge in [-0.1, -0.05) is 66.7 Å². The maximum Gasteiger partial charge on any atom is 0.321 e. The second-order valence-electron chi connectivity index (χ2n) is 6.22. The molecule has 0 aliphatic rings. The maximum absolute atomic E-state index is 12.9. The fourth-order valence-corrected chi connectivity index (χ4v) is 3.78. The van der Waals surface area contributed by atoms with Gasteiger partial charge in [-0.15, -0.1) is 11.3 Å². The summed E-state index contributed by atoms with van der Waals surface area (Å²) in [4.78, 5) is 25.9. The summed E-state index contributed by atoms with van der Waals surface area (Å²) in [6, 6.07) is 22.1. The van der Waals surface area contributed by atoms with Gasteiger partial charge in [0.1, 0.15) is 6.04 Å². The second kappa shape index (κ2) is 9.82. The van der Waals surface area contributed by atoms with Crippen molar-refractivity contribution in [3.63, 3.8) is 0 Å². The molecule has 0 saturated heterocycles. The number of carbonyl (C=O) groups excluding carboxylic acids is 2. The van der Waals surface area contributed by atoms with Crippen LogP contribution in [-0.4, -0.2) is 18.5 Å². The van der Waals surface area contributed by atoms with Gasteiger partial charge in [-0.2, -0.15) is 0 Å². The molecule has 0 bridgehead atoms. The molecule has 2 atom stereocenters. The highest BCUT2D eigenvalue weighted by atomic mass is 32.1. The summed E-state index contributed by atoms with van der Waals surface area (Å²) >= 11 is 1.62. The summed E-state index contributed by atoms with van der Waals surface area (Å²) in [5.74, 6) is -0.394. The Labute approximate surface area is 168 Å². The number of hydrogen-bond donors (Lipinski definition) is 3. The lowest BCUT2D eigenvalue weighted by molar-refractivity contribution is -0.122. The maximum atomic E-state index is 12.9. The van der Waals surface area contributed by atoms with Crippen LogP contribution in [0.15, 0.2) is 78.2 Å². The van der Waals surface area contributed by atoms with E-state index in [2.05, 4.69) is 16.0 Å². The van der Waals surface area contributed by atoms with Crippen LogP contribution in [0, 0.1) is 0 Å². The number of urea groups is 1. The van der Waals surface area contributed by atoms with Gasteiger partial charge >= 0.3 is 6.03 Å². The molecule has 3 aromatic rings. The van der Waals surface area contributed by atoms with E-state index in [1.165, 1.54) is 0 Å². The molecule has 1 aromatic heterocycles. The van der Waals surface area contributed by atoms with E-state index in [0.717, 1.165) is 16.0 Å². The molecule has 3 rings (SSSR count). The van der Waals surface area contributed by atoms with Crippen LogP contribution >= 0.6 is 11.3 Å². The molecule has 144 valence electrons. The zero-order valence-electron chi connectivity index (χ0n) is 15.6. The Bertz CT molecular complexity index is 883. The third-order valence-electron chi connectivity index (χ3n) is 4.26. The fraction of sp³-hybridized carbons (Fsp3) is 0.182. The van der Waals surface area contributed by atoms with Crippen LogP contribution in [0.25, 0.3) is 0 Å². The van der Waals surface area contributed by atoms with E-state index in [1.807, 2.05) is 78.2 Å². The average Bonchev–Trinajstić information content (AvgIpc) is 3.24. The van der Waals surface area contributed by atoms with Gasteiger partial charge in [-0.3, -0.25) is 15.4 Å². The van der Waals surface area contributed by atoms with E-state index in [1.54, 1.807) is 18.3 Å². The van der Waals surface area contributed by atoms with Crippen LogP contribution in [0.1, 0.15) is 35.0 Å².